The summed E-state index contributed by atoms with van der Waals surface area (Å²) < 4.78 is 5.42. The lowest BCUT2D eigenvalue weighted by molar-refractivity contribution is -0.130. The smallest absolute Gasteiger partial charge is 0.226 e. The van der Waals surface area contributed by atoms with Crippen molar-refractivity contribution in [2.75, 3.05) is 33.4 Å². The fourth-order valence-electron chi connectivity index (χ4n) is 3.33. The number of halogens is 1. The van der Waals surface area contributed by atoms with Crippen LogP contribution in [0, 0.1) is 10.8 Å². The summed E-state index contributed by atoms with van der Waals surface area (Å²) in [6.45, 7) is 7.41. The van der Waals surface area contributed by atoms with Gasteiger partial charge in [0.1, 0.15) is 0 Å². The van der Waals surface area contributed by atoms with Gasteiger partial charge in [-0.15, -0.1) is 12.4 Å². The Hall–Kier alpha value is -1.10. The Labute approximate surface area is 152 Å². The van der Waals surface area contributed by atoms with Crippen LogP contribution in [0.15, 0.2) is 30.3 Å². The van der Waals surface area contributed by atoms with Crippen molar-refractivity contribution in [2.24, 2.45) is 10.8 Å². The van der Waals surface area contributed by atoms with E-state index in [-0.39, 0.29) is 23.7 Å². The third-order valence-corrected chi connectivity index (χ3v) is 4.84. The van der Waals surface area contributed by atoms with Gasteiger partial charge in [0.05, 0.1) is 6.61 Å². The van der Waals surface area contributed by atoms with Crippen LogP contribution < -0.4 is 10.6 Å². The maximum atomic E-state index is 12.7. The maximum Gasteiger partial charge on any atom is 0.226 e. The molecule has 0 unspecified atom stereocenters. The van der Waals surface area contributed by atoms with E-state index in [9.17, 15) is 4.79 Å². The van der Waals surface area contributed by atoms with Gasteiger partial charge < -0.3 is 15.4 Å². The second-order valence-electron chi connectivity index (χ2n) is 7.41. The van der Waals surface area contributed by atoms with Gasteiger partial charge in [0.2, 0.25) is 5.91 Å². The van der Waals surface area contributed by atoms with Crippen molar-refractivity contribution in [2.45, 2.75) is 33.1 Å². The molecule has 1 aromatic carbocycles. The van der Waals surface area contributed by atoms with Gasteiger partial charge in [-0.25, -0.2) is 0 Å². The Kier molecular flexibility index (Phi) is 8.20. The molecule has 0 spiro atoms. The van der Waals surface area contributed by atoms with E-state index in [2.05, 4.69) is 22.8 Å². The number of piperidine rings is 1. The summed E-state index contributed by atoms with van der Waals surface area (Å²) in [6, 6.07) is 10.2. The second kappa shape index (κ2) is 9.40. The fraction of sp³-hybridized carbons (Fsp3) is 0.632. The van der Waals surface area contributed by atoms with E-state index in [0.717, 1.165) is 32.4 Å². The first-order chi connectivity index (χ1) is 11.0. The summed E-state index contributed by atoms with van der Waals surface area (Å²) in [7, 11) is 1.74. The molecule has 1 heterocycles. The number of carbonyl (C=O) groups is 1. The molecule has 4 nitrogen and oxygen atoms in total. The Morgan fingerprint density at radius 3 is 2.46 bits per heavy atom. The summed E-state index contributed by atoms with van der Waals surface area (Å²) in [5.41, 5.74) is 0.849. The van der Waals surface area contributed by atoms with Crippen molar-refractivity contribution in [1.82, 2.24) is 10.6 Å². The molecule has 136 valence electrons. The molecule has 1 fully saturated rings. The number of benzene rings is 1. The lowest BCUT2D eigenvalue weighted by Crippen LogP contribution is -2.49. The Bertz CT molecular complexity index is 494. The number of hydrogen-bond donors (Lipinski definition) is 2. The molecule has 1 saturated heterocycles. The van der Waals surface area contributed by atoms with E-state index in [0.29, 0.717) is 13.2 Å². The van der Waals surface area contributed by atoms with E-state index >= 15 is 0 Å². The van der Waals surface area contributed by atoms with Gasteiger partial charge in [-0.05, 0) is 37.9 Å². The standard InChI is InChI=1S/C19H30N2O2.ClH/c1-18(2,13-16-7-5-4-6-8-16)17(22)21-14-19(15-23-3)9-11-20-12-10-19;/h4-8,20H,9-15H2,1-3H3,(H,21,22);1H. The molecule has 0 aromatic heterocycles. The van der Waals surface area contributed by atoms with Crippen molar-refractivity contribution in [1.29, 1.82) is 0 Å². The van der Waals surface area contributed by atoms with E-state index in [1.54, 1.807) is 7.11 Å². The van der Waals surface area contributed by atoms with Crippen molar-refractivity contribution in [3.63, 3.8) is 0 Å². The van der Waals surface area contributed by atoms with Crippen LogP contribution in [-0.2, 0) is 16.0 Å². The molecule has 1 aromatic rings. The molecule has 24 heavy (non-hydrogen) atoms. The Balaban J connectivity index is 0.00000288. The van der Waals surface area contributed by atoms with Gasteiger partial charge in [0.15, 0.2) is 0 Å². The van der Waals surface area contributed by atoms with Crippen LogP contribution in [0.1, 0.15) is 32.3 Å². The first-order valence-corrected chi connectivity index (χ1v) is 8.49. The third-order valence-electron chi connectivity index (χ3n) is 4.84. The van der Waals surface area contributed by atoms with E-state index in [1.165, 1.54) is 5.56 Å². The number of hydrogen-bond acceptors (Lipinski definition) is 3. The van der Waals surface area contributed by atoms with Gasteiger partial charge in [0.25, 0.3) is 0 Å². The first-order valence-electron chi connectivity index (χ1n) is 8.49. The molecule has 1 aliphatic rings. The molecule has 2 N–H and O–H groups in total. The molecule has 2 rings (SSSR count). The largest absolute Gasteiger partial charge is 0.384 e. The summed E-state index contributed by atoms with van der Waals surface area (Å²) in [6.07, 6.45) is 2.83. The Morgan fingerprint density at radius 1 is 1.25 bits per heavy atom. The maximum absolute atomic E-state index is 12.7. The molecule has 1 aliphatic heterocycles. The van der Waals surface area contributed by atoms with Crippen LogP contribution in [-0.4, -0.2) is 39.3 Å². The number of carbonyl (C=O) groups excluding carboxylic acids is 1. The summed E-state index contributed by atoms with van der Waals surface area (Å²) in [5, 5.41) is 6.57. The van der Waals surface area contributed by atoms with E-state index in [1.807, 2.05) is 32.0 Å². The summed E-state index contributed by atoms with van der Waals surface area (Å²) >= 11 is 0. The van der Waals surface area contributed by atoms with Gasteiger partial charge in [0, 0.05) is 24.5 Å². The number of ether oxygens (including phenoxy) is 1. The van der Waals surface area contributed by atoms with Crippen molar-refractivity contribution in [3.8, 4) is 0 Å². The zero-order chi connectivity index (χ0) is 16.8. The number of amides is 1. The van der Waals surface area contributed by atoms with Gasteiger partial charge in [-0.2, -0.15) is 0 Å². The van der Waals surface area contributed by atoms with Crippen LogP contribution in [0.3, 0.4) is 0 Å². The topological polar surface area (TPSA) is 50.4 Å². The van der Waals surface area contributed by atoms with Gasteiger partial charge in [-0.1, -0.05) is 44.2 Å². The molecular formula is C19H31ClN2O2. The highest BCUT2D eigenvalue weighted by molar-refractivity contribution is 5.85. The van der Waals surface area contributed by atoms with Gasteiger partial charge in [-0.3, -0.25) is 4.79 Å². The molecule has 0 radical (unpaired) electrons. The highest BCUT2D eigenvalue weighted by atomic mass is 35.5. The number of methoxy groups -OCH3 is 1. The lowest BCUT2D eigenvalue weighted by atomic mass is 9.78. The molecule has 5 heteroatoms. The van der Waals surface area contributed by atoms with Crippen LogP contribution in [0.5, 0.6) is 0 Å². The van der Waals surface area contributed by atoms with E-state index < -0.39 is 5.41 Å². The molecule has 0 bridgehead atoms. The highest BCUT2D eigenvalue weighted by Crippen LogP contribution is 2.29. The van der Waals surface area contributed by atoms with Crippen LogP contribution in [0.4, 0.5) is 0 Å². The average molecular weight is 355 g/mol. The monoisotopic (exact) mass is 354 g/mol. The summed E-state index contributed by atoms with van der Waals surface area (Å²) in [4.78, 5) is 12.7. The van der Waals surface area contributed by atoms with Gasteiger partial charge >= 0.3 is 0 Å². The highest BCUT2D eigenvalue weighted by Gasteiger charge is 2.35. The fourth-order valence-corrected chi connectivity index (χ4v) is 3.33. The van der Waals surface area contributed by atoms with Crippen LogP contribution >= 0.6 is 12.4 Å². The van der Waals surface area contributed by atoms with Crippen LogP contribution in [0.2, 0.25) is 0 Å². The lowest BCUT2D eigenvalue weighted by Gasteiger charge is -2.38. The normalized spacial score (nSPS) is 17.0. The predicted molar refractivity (Wildman–Crippen MR) is 101 cm³/mol. The number of nitrogens with one attached hydrogen (secondary N) is 2. The minimum atomic E-state index is -0.414. The molecule has 0 atom stereocenters. The predicted octanol–water partition coefficient (Wildman–Crippen LogP) is 2.81. The molecule has 0 saturated carbocycles. The average Bonchev–Trinajstić information content (AvgIpc) is 2.54. The second-order valence-corrected chi connectivity index (χ2v) is 7.41. The van der Waals surface area contributed by atoms with Crippen LogP contribution in [0.25, 0.3) is 0 Å². The summed E-state index contributed by atoms with van der Waals surface area (Å²) in [5.74, 6) is 0.121. The molecular weight excluding hydrogens is 324 g/mol. The molecule has 0 aliphatic carbocycles. The first kappa shape index (κ1) is 20.9. The zero-order valence-electron chi connectivity index (χ0n) is 15.1. The van der Waals surface area contributed by atoms with Crippen molar-refractivity contribution < 1.29 is 9.53 Å². The Morgan fingerprint density at radius 2 is 1.88 bits per heavy atom. The quantitative estimate of drug-likeness (QED) is 0.791. The SMILES string of the molecule is COCC1(CNC(=O)C(C)(C)Cc2ccccc2)CCNCC1.Cl. The number of rotatable bonds is 7. The van der Waals surface area contributed by atoms with E-state index in [4.69, 9.17) is 4.74 Å². The minimum Gasteiger partial charge on any atom is -0.384 e. The zero-order valence-corrected chi connectivity index (χ0v) is 15.9. The molecule has 1 amide bonds. The van der Waals surface area contributed by atoms with Crippen molar-refractivity contribution >= 4 is 18.3 Å². The third kappa shape index (κ3) is 5.76. The van der Waals surface area contributed by atoms with Crippen molar-refractivity contribution in [3.05, 3.63) is 35.9 Å². The minimum absolute atomic E-state index is 0.